The van der Waals surface area contributed by atoms with Crippen LogP contribution in [0.5, 0.6) is 5.75 Å². The number of nitrogens with zero attached hydrogens (tertiary/aromatic N) is 2. The van der Waals surface area contributed by atoms with Crippen molar-refractivity contribution in [3.63, 3.8) is 0 Å². The summed E-state index contributed by atoms with van der Waals surface area (Å²) in [6.07, 6.45) is 3.46. The molecule has 2 N–H and O–H groups in total. The molecule has 42 heavy (non-hydrogen) atoms. The second-order valence-electron chi connectivity index (χ2n) is 10.2. The second kappa shape index (κ2) is 14.1. The van der Waals surface area contributed by atoms with E-state index in [0.29, 0.717) is 23.5 Å². The summed E-state index contributed by atoms with van der Waals surface area (Å²) in [7, 11) is -4.03. The maximum atomic E-state index is 13.6. The number of carbonyl (C=O) groups excluding carboxylic acids is 2. The van der Waals surface area contributed by atoms with E-state index >= 15 is 0 Å². The summed E-state index contributed by atoms with van der Waals surface area (Å²) >= 11 is 0. The van der Waals surface area contributed by atoms with Crippen molar-refractivity contribution in [1.82, 2.24) is 10.7 Å². The van der Waals surface area contributed by atoms with Crippen molar-refractivity contribution < 1.29 is 27.5 Å². The van der Waals surface area contributed by atoms with Crippen LogP contribution in [0, 0.1) is 20.8 Å². The molecule has 3 aromatic carbocycles. The molecule has 0 spiro atoms. The number of nitrogens with one attached hydrogen (secondary N) is 2. The zero-order valence-corrected chi connectivity index (χ0v) is 24.8. The van der Waals surface area contributed by atoms with Crippen LogP contribution in [0.3, 0.4) is 0 Å². The Balaban J connectivity index is 1.35. The fourth-order valence-corrected chi connectivity index (χ4v) is 5.94. The van der Waals surface area contributed by atoms with E-state index in [2.05, 4.69) is 15.8 Å². The van der Waals surface area contributed by atoms with Gasteiger partial charge >= 0.3 is 0 Å². The van der Waals surface area contributed by atoms with Crippen molar-refractivity contribution in [3.05, 3.63) is 89.0 Å². The average Bonchev–Trinajstić information content (AvgIpc) is 3.49. The van der Waals surface area contributed by atoms with Gasteiger partial charge in [-0.2, -0.15) is 5.10 Å². The molecular weight excluding hydrogens is 556 g/mol. The third kappa shape index (κ3) is 8.40. The molecule has 1 saturated heterocycles. The summed E-state index contributed by atoms with van der Waals surface area (Å²) in [5.74, 6) is -0.317. The Morgan fingerprint density at radius 3 is 2.38 bits per heavy atom. The first-order valence-corrected chi connectivity index (χ1v) is 15.2. The molecule has 4 rings (SSSR count). The zero-order valence-electron chi connectivity index (χ0n) is 24.0. The number of amides is 2. The van der Waals surface area contributed by atoms with Crippen molar-refractivity contribution in [2.75, 3.05) is 30.6 Å². The van der Waals surface area contributed by atoms with Crippen LogP contribution in [0.4, 0.5) is 5.69 Å². The van der Waals surface area contributed by atoms with Gasteiger partial charge in [0.1, 0.15) is 12.3 Å². The van der Waals surface area contributed by atoms with Gasteiger partial charge in [-0.1, -0.05) is 35.4 Å². The van der Waals surface area contributed by atoms with Gasteiger partial charge in [-0.05, 0) is 87.2 Å². The molecule has 0 aliphatic carbocycles. The first-order valence-electron chi connectivity index (χ1n) is 13.7. The van der Waals surface area contributed by atoms with Crippen molar-refractivity contribution in [1.29, 1.82) is 0 Å². The Morgan fingerprint density at radius 1 is 1.00 bits per heavy atom. The third-order valence-electron chi connectivity index (χ3n) is 6.72. The van der Waals surface area contributed by atoms with Crippen LogP contribution in [0.1, 0.15) is 35.1 Å². The minimum absolute atomic E-state index is 0.0698. The molecule has 1 aliphatic heterocycles. The van der Waals surface area contributed by atoms with E-state index < -0.39 is 22.5 Å². The lowest BCUT2D eigenvalue weighted by Crippen LogP contribution is -2.40. The van der Waals surface area contributed by atoms with Gasteiger partial charge in [-0.15, -0.1) is 0 Å². The monoisotopic (exact) mass is 592 g/mol. The van der Waals surface area contributed by atoms with Gasteiger partial charge in [-0.25, -0.2) is 13.8 Å². The van der Waals surface area contributed by atoms with Gasteiger partial charge in [0.05, 0.1) is 22.9 Å². The Labute approximate surface area is 246 Å². The minimum atomic E-state index is -4.03. The van der Waals surface area contributed by atoms with Gasteiger partial charge in [0.15, 0.2) is 6.61 Å². The molecule has 0 saturated carbocycles. The highest BCUT2D eigenvalue weighted by Crippen LogP contribution is 2.27. The Hall–Kier alpha value is -4.22. The van der Waals surface area contributed by atoms with Crippen molar-refractivity contribution >= 4 is 33.7 Å². The number of benzene rings is 3. The van der Waals surface area contributed by atoms with E-state index in [9.17, 15) is 18.0 Å². The molecule has 1 heterocycles. The highest BCUT2D eigenvalue weighted by atomic mass is 32.2. The Bertz CT molecular complexity index is 1520. The largest absolute Gasteiger partial charge is 0.484 e. The van der Waals surface area contributed by atoms with Crippen LogP contribution in [0.2, 0.25) is 0 Å². The lowest BCUT2D eigenvalue weighted by Gasteiger charge is -2.25. The van der Waals surface area contributed by atoms with Crippen molar-refractivity contribution in [2.45, 2.75) is 44.6 Å². The molecule has 1 unspecified atom stereocenters. The Morgan fingerprint density at radius 2 is 1.71 bits per heavy atom. The fraction of sp³-hybridized carbons (Fsp3) is 0.323. The first-order chi connectivity index (χ1) is 20.1. The first kappa shape index (κ1) is 30.7. The average molecular weight is 593 g/mol. The number of ether oxygens (including phenoxy) is 2. The SMILES string of the molecule is Cc1ccc(S(=O)(=O)N(CC(=O)N/N=C/c2ccc(OCC(=O)NCC3CCCO3)cc2)c2ccc(C)cc2C)cc1. The van der Waals surface area contributed by atoms with Gasteiger partial charge in [0.2, 0.25) is 0 Å². The van der Waals surface area contributed by atoms with E-state index in [1.165, 1.54) is 18.3 Å². The molecule has 0 bridgehead atoms. The van der Waals surface area contributed by atoms with Gasteiger partial charge in [0, 0.05) is 13.2 Å². The zero-order chi connectivity index (χ0) is 30.1. The third-order valence-corrected chi connectivity index (χ3v) is 8.49. The summed E-state index contributed by atoms with van der Waals surface area (Å²) in [4.78, 5) is 25.0. The van der Waals surface area contributed by atoms with Gasteiger partial charge < -0.3 is 14.8 Å². The van der Waals surface area contributed by atoms with Crippen molar-refractivity contribution in [2.24, 2.45) is 5.10 Å². The lowest BCUT2D eigenvalue weighted by atomic mass is 10.1. The lowest BCUT2D eigenvalue weighted by molar-refractivity contribution is -0.123. The summed E-state index contributed by atoms with van der Waals surface area (Å²) in [6.45, 7) is 6.23. The maximum absolute atomic E-state index is 13.6. The molecule has 1 aliphatic rings. The minimum Gasteiger partial charge on any atom is -0.484 e. The van der Waals surface area contributed by atoms with E-state index in [0.717, 1.165) is 40.4 Å². The molecule has 0 aromatic heterocycles. The van der Waals surface area contributed by atoms with Crippen LogP contribution < -0.4 is 19.8 Å². The molecule has 1 atom stereocenters. The highest BCUT2D eigenvalue weighted by Gasteiger charge is 2.28. The predicted molar refractivity (Wildman–Crippen MR) is 161 cm³/mol. The van der Waals surface area contributed by atoms with Crippen LogP contribution in [-0.2, 0) is 24.3 Å². The molecule has 222 valence electrons. The highest BCUT2D eigenvalue weighted by molar-refractivity contribution is 7.92. The summed E-state index contributed by atoms with van der Waals surface area (Å²) < 4.78 is 39.3. The van der Waals surface area contributed by atoms with E-state index in [-0.39, 0.29) is 23.5 Å². The van der Waals surface area contributed by atoms with Gasteiger partial charge in [-0.3, -0.25) is 13.9 Å². The molecule has 11 heteroatoms. The summed E-state index contributed by atoms with van der Waals surface area (Å²) in [6, 6.07) is 18.7. The quantitative estimate of drug-likeness (QED) is 0.244. The van der Waals surface area contributed by atoms with E-state index in [1.54, 1.807) is 55.5 Å². The van der Waals surface area contributed by atoms with Crippen LogP contribution >= 0.6 is 0 Å². The molecule has 1 fully saturated rings. The van der Waals surface area contributed by atoms with Crippen LogP contribution in [0.15, 0.2) is 76.7 Å². The molecule has 2 amide bonds. The standard InChI is InChI=1S/C31H36N4O6S/c1-22-6-13-28(14-7-22)42(38,39)35(29-15-8-23(2)17-24(29)3)20-30(36)34-33-18-25-9-11-26(12-10-25)41-21-31(37)32-19-27-5-4-16-40-27/h6-15,17-18,27H,4-5,16,19-21H2,1-3H3,(H,32,37)(H,34,36)/b33-18+. The molecule has 10 nitrogen and oxygen atoms in total. The van der Waals surface area contributed by atoms with Crippen molar-refractivity contribution in [3.8, 4) is 5.75 Å². The molecule has 0 radical (unpaired) electrons. The number of hydrogen-bond donors (Lipinski definition) is 2. The van der Waals surface area contributed by atoms with E-state index in [4.69, 9.17) is 9.47 Å². The fourth-order valence-electron chi connectivity index (χ4n) is 4.45. The summed E-state index contributed by atoms with van der Waals surface area (Å²) in [5.41, 5.74) is 6.13. The Kier molecular flexibility index (Phi) is 10.3. The number of sulfonamides is 1. The number of hydrazone groups is 1. The van der Waals surface area contributed by atoms with Crippen LogP contribution in [0.25, 0.3) is 0 Å². The second-order valence-corrected chi connectivity index (χ2v) is 12.1. The number of rotatable bonds is 12. The number of anilines is 1. The number of hydrogen-bond acceptors (Lipinski definition) is 7. The van der Waals surface area contributed by atoms with Gasteiger partial charge in [0.25, 0.3) is 21.8 Å². The van der Waals surface area contributed by atoms with Crippen LogP contribution in [-0.4, -0.2) is 58.9 Å². The topological polar surface area (TPSA) is 126 Å². The maximum Gasteiger partial charge on any atom is 0.264 e. The molecular formula is C31H36N4O6S. The molecule has 3 aromatic rings. The number of carbonyl (C=O) groups is 2. The van der Waals surface area contributed by atoms with E-state index in [1.807, 2.05) is 19.9 Å². The predicted octanol–water partition coefficient (Wildman–Crippen LogP) is 3.63. The number of aryl methyl sites for hydroxylation is 3. The smallest absolute Gasteiger partial charge is 0.264 e. The summed E-state index contributed by atoms with van der Waals surface area (Å²) in [5, 5.41) is 6.80. The normalized spacial score (nSPS) is 15.0.